The molecule has 1 atom stereocenters. The van der Waals surface area contributed by atoms with Crippen molar-refractivity contribution in [3.63, 3.8) is 0 Å². The molecule has 1 aliphatic carbocycles. The van der Waals surface area contributed by atoms with Gasteiger partial charge in [0.25, 0.3) is 5.88 Å². The zero-order chi connectivity index (χ0) is 30.1. The Morgan fingerprint density at radius 2 is 1.77 bits per heavy atom. The van der Waals surface area contributed by atoms with Crippen LogP contribution in [0.25, 0.3) is 5.57 Å². The Kier molecular flexibility index (Phi) is 12.8. The maximum Gasteiger partial charge on any atom is 0.324 e. The Balaban J connectivity index is 0.00000274. The number of halogens is 4. The number of ether oxygens (including phenoxy) is 1. The minimum atomic E-state index is -2.47. The van der Waals surface area contributed by atoms with Crippen LogP contribution in [0.3, 0.4) is 0 Å². The topological polar surface area (TPSA) is 65.0 Å². The van der Waals surface area contributed by atoms with Crippen LogP contribution in [-0.4, -0.2) is 27.2 Å². The molecule has 2 aromatic heterocycles. The zero-order valence-electron chi connectivity index (χ0n) is 24.8. The lowest BCUT2D eigenvalue weighted by molar-refractivity contribution is -0.115. The Bertz CT molecular complexity index is 1260. The van der Waals surface area contributed by atoms with E-state index < -0.39 is 12.2 Å². The first-order valence-corrected chi connectivity index (χ1v) is 14.5. The second kappa shape index (κ2) is 15.3. The maximum atomic E-state index is 16.1. The first kappa shape index (κ1) is 33.5. The first-order chi connectivity index (χ1) is 19.0. The summed E-state index contributed by atoms with van der Waals surface area (Å²) >= 11 is 6.13. The van der Waals surface area contributed by atoms with Gasteiger partial charge in [-0.05, 0) is 61.2 Å². The number of hydrogen-bond donors (Lipinski definition) is 0. The molecule has 3 rings (SSSR count). The summed E-state index contributed by atoms with van der Waals surface area (Å²) in [6.45, 7) is 16.0. The number of fused-ring (bicyclic) bond motifs is 1. The van der Waals surface area contributed by atoms with Gasteiger partial charge in [-0.25, -0.2) is 23.1 Å². The van der Waals surface area contributed by atoms with Crippen molar-refractivity contribution in [3.8, 4) is 11.9 Å². The summed E-state index contributed by atoms with van der Waals surface area (Å²) in [5.41, 5.74) is 4.88. The number of ketones is 1. The molecule has 5 nitrogen and oxygen atoms in total. The van der Waals surface area contributed by atoms with Gasteiger partial charge in [-0.1, -0.05) is 65.6 Å². The molecule has 0 saturated heterocycles. The lowest BCUT2D eigenvalue weighted by atomic mass is 9.75. The van der Waals surface area contributed by atoms with Crippen molar-refractivity contribution < 1.29 is 22.7 Å². The van der Waals surface area contributed by atoms with E-state index in [0.717, 1.165) is 28.7 Å². The predicted octanol–water partition coefficient (Wildman–Crippen LogP) is 9.38. The molecule has 0 aliphatic heterocycles. The average molecular weight is 580 g/mol. The summed E-state index contributed by atoms with van der Waals surface area (Å²) in [7, 11) is 0. The standard InChI is InChI=1S/C29H35ClF3N3O2.C2H6/c1-7-16(5)17(6)24(21(37)8-2)20-11-9-18-13-34-28(26(33)25(18)23(20)15(3)4)38-29-35-14-19(27(30)36-29)10-12-22(31)32;1-2/h13-16,22H,7-12H2,1-6H3;1-2H3/b24-17-;/t16-;/m0./s1. The lowest BCUT2D eigenvalue weighted by Crippen LogP contribution is -2.19. The average Bonchev–Trinajstić information content (AvgIpc) is 2.94. The van der Waals surface area contributed by atoms with Gasteiger partial charge in [-0.2, -0.15) is 4.98 Å². The fraction of sp³-hybridized carbons (Fsp3) is 0.548. The molecule has 9 heteroatoms. The lowest BCUT2D eigenvalue weighted by Gasteiger charge is -2.29. The van der Waals surface area contributed by atoms with Gasteiger partial charge in [0, 0.05) is 41.9 Å². The molecule has 0 bridgehead atoms. The van der Waals surface area contributed by atoms with Crippen molar-refractivity contribution >= 4 is 23.0 Å². The van der Waals surface area contributed by atoms with Crippen LogP contribution < -0.4 is 4.74 Å². The third-order valence-corrected chi connectivity index (χ3v) is 7.47. The smallest absolute Gasteiger partial charge is 0.324 e. The molecule has 0 radical (unpaired) electrons. The number of pyridine rings is 1. The monoisotopic (exact) mass is 579 g/mol. The molecule has 0 fully saturated rings. The van der Waals surface area contributed by atoms with Crippen molar-refractivity contribution in [2.45, 2.75) is 100 Å². The van der Waals surface area contributed by atoms with Crippen LogP contribution in [0.2, 0.25) is 5.15 Å². The van der Waals surface area contributed by atoms with E-state index in [1.165, 1.54) is 6.20 Å². The maximum absolute atomic E-state index is 16.1. The molecule has 40 heavy (non-hydrogen) atoms. The fourth-order valence-corrected chi connectivity index (χ4v) is 5.01. The molecule has 2 aromatic rings. The molecule has 0 spiro atoms. The first-order valence-electron chi connectivity index (χ1n) is 14.1. The number of aryl methyl sites for hydroxylation is 2. The second-order valence-corrected chi connectivity index (χ2v) is 10.3. The van der Waals surface area contributed by atoms with Gasteiger partial charge in [-0.3, -0.25) is 4.79 Å². The Morgan fingerprint density at radius 3 is 2.33 bits per heavy atom. The van der Waals surface area contributed by atoms with Crippen LogP contribution in [0.15, 0.2) is 29.1 Å². The zero-order valence-corrected chi connectivity index (χ0v) is 25.6. The van der Waals surface area contributed by atoms with E-state index in [0.29, 0.717) is 36.0 Å². The SMILES string of the molecule is CC.CCC(=O)/C(C1=C(C(C)C)c2c(cnc(Oc3ncc(CCC(F)F)c(Cl)n3)c2F)CC1)=C(/C)[C@@H](C)CC. The van der Waals surface area contributed by atoms with E-state index in [1.807, 2.05) is 41.5 Å². The molecular weight excluding hydrogens is 539 g/mol. The Hall–Kier alpha value is -2.74. The van der Waals surface area contributed by atoms with E-state index in [9.17, 15) is 13.6 Å². The number of aromatic nitrogens is 3. The predicted molar refractivity (Wildman–Crippen MR) is 155 cm³/mol. The van der Waals surface area contributed by atoms with E-state index in [-0.39, 0.29) is 47.5 Å². The van der Waals surface area contributed by atoms with Crippen LogP contribution in [0.5, 0.6) is 11.9 Å². The van der Waals surface area contributed by atoms with Crippen LogP contribution in [0.4, 0.5) is 13.2 Å². The van der Waals surface area contributed by atoms with Crippen molar-refractivity contribution in [2.24, 2.45) is 11.8 Å². The van der Waals surface area contributed by atoms with Gasteiger partial charge in [0.2, 0.25) is 6.43 Å². The van der Waals surface area contributed by atoms with E-state index >= 15 is 4.39 Å². The van der Waals surface area contributed by atoms with Crippen molar-refractivity contribution in [1.29, 1.82) is 0 Å². The van der Waals surface area contributed by atoms with Gasteiger partial charge in [0.1, 0.15) is 5.15 Å². The molecule has 220 valence electrons. The highest BCUT2D eigenvalue weighted by atomic mass is 35.5. The molecular formula is C31H41ClF3N3O2. The second-order valence-electron chi connectivity index (χ2n) is 9.97. The molecule has 0 amide bonds. The molecule has 1 aliphatic rings. The summed E-state index contributed by atoms with van der Waals surface area (Å²) in [5, 5.41) is -0.0348. The molecule has 2 heterocycles. The quantitative estimate of drug-likeness (QED) is 0.196. The normalized spacial score (nSPS) is 14.4. The third kappa shape index (κ3) is 7.71. The fourth-order valence-electron chi connectivity index (χ4n) is 4.79. The number of rotatable bonds is 11. The van der Waals surface area contributed by atoms with E-state index in [4.69, 9.17) is 16.3 Å². The number of carbonyl (C=O) groups is 1. The number of alkyl halides is 2. The highest BCUT2D eigenvalue weighted by Gasteiger charge is 2.31. The highest BCUT2D eigenvalue weighted by Crippen LogP contribution is 2.44. The van der Waals surface area contributed by atoms with Gasteiger partial charge in [-0.15, -0.1) is 0 Å². The number of Topliss-reactive ketones (excluding diaryl/α,β-unsaturated/α-hetero) is 1. The molecule has 0 unspecified atom stereocenters. The number of carbonyl (C=O) groups excluding carboxylic acids is 1. The van der Waals surface area contributed by atoms with Crippen LogP contribution in [0.1, 0.15) is 97.8 Å². The summed E-state index contributed by atoms with van der Waals surface area (Å²) in [6.07, 6.45) is 2.47. The minimum absolute atomic E-state index is 0.00987. The van der Waals surface area contributed by atoms with Crippen LogP contribution in [0, 0.1) is 17.7 Å². The van der Waals surface area contributed by atoms with Gasteiger partial charge >= 0.3 is 6.01 Å². The van der Waals surface area contributed by atoms with Crippen LogP contribution >= 0.6 is 11.6 Å². The summed E-state index contributed by atoms with van der Waals surface area (Å²) in [4.78, 5) is 25.4. The van der Waals surface area contributed by atoms with Gasteiger partial charge in [0.15, 0.2) is 11.6 Å². The summed E-state index contributed by atoms with van der Waals surface area (Å²) < 4.78 is 46.8. The number of nitrogens with zero attached hydrogens (tertiary/aromatic N) is 3. The number of hydrogen-bond acceptors (Lipinski definition) is 5. The molecule has 0 N–H and O–H groups in total. The highest BCUT2D eigenvalue weighted by molar-refractivity contribution is 6.30. The van der Waals surface area contributed by atoms with E-state index in [1.54, 1.807) is 6.20 Å². The number of allylic oxidation sites excluding steroid dienone is 4. The summed E-state index contributed by atoms with van der Waals surface area (Å²) in [5.74, 6) is -0.771. The largest absolute Gasteiger partial charge is 0.402 e. The van der Waals surface area contributed by atoms with Crippen molar-refractivity contribution in [2.75, 3.05) is 0 Å². The Labute approximate surface area is 241 Å². The van der Waals surface area contributed by atoms with Crippen molar-refractivity contribution in [1.82, 2.24) is 15.0 Å². The van der Waals surface area contributed by atoms with Crippen molar-refractivity contribution in [3.05, 3.63) is 56.8 Å². The Morgan fingerprint density at radius 1 is 1.10 bits per heavy atom. The van der Waals surface area contributed by atoms with Gasteiger partial charge in [0.05, 0.1) is 0 Å². The molecule has 0 saturated carbocycles. The van der Waals surface area contributed by atoms with Gasteiger partial charge < -0.3 is 4.74 Å². The third-order valence-electron chi connectivity index (χ3n) is 7.14. The molecule has 0 aromatic carbocycles. The van der Waals surface area contributed by atoms with E-state index in [2.05, 4.69) is 28.8 Å². The summed E-state index contributed by atoms with van der Waals surface area (Å²) in [6, 6.07) is -0.234. The minimum Gasteiger partial charge on any atom is -0.402 e. The van der Waals surface area contributed by atoms with Crippen LogP contribution in [-0.2, 0) is 17.6 Å².